The number of aryl methyl sites for hydroxylation is 2. The van der Waals surface area contributed by atoms with E-state index in [0.717, 1.165) is 28.8 Å². The number of benzene rings is 2. The van der Waals surface area contributed by atoms with Crippen molar-refractivity contribution in [1.82, 2.24) is 14.9 Å². The zero-order valence-corrected chi connectivity index (χ0v) is 17.5. The summed E-state index contributed by atoms with van der Waals surface area (Å²) >= 11 is 5.06. The molecule has 2 N–H and O–H groups in total. The number of hydrogen-bond acceptors (Lipinski definition) is 6. The van der Waals surface area contributed by atoms with Gasteiger partial charge in [-0.25, -0.2) is 0 Å². The molecule has 0 unspecified atom stereocenters. The van der Waals surface area contributed by atoms with E-state index in [4.69, 9.17) is 22.1 Å². The number of H-pyrrole nitrogens is 1. The minimum Gasteiger partial charge on any atom is -0.494 e. The third kappa shape index (κ3) is 6.71. The van der Waals surface area contributed by atoms with Gasteiger partial charge in [-0.1, -0.05) is 30.3 Å². The number of aromatic amines is 1. The Balaban J connectivity index is 1.58. The molecule has 31 heavy (non-hydrogen) atoms. The highest BCUT2D eigenvalue weighted by Crippen LogP contribution is 2.12. The number of carboxylic acids is 1. The molecule has 1 heterocycles. The molecule has 0 aliphatic rings. The zero-order chi connectivity index (χ0) is 22.1. The minimum atomic E-state index is -1.01. The third-order valence-electron chi connectivity index (χ3n) is 4.42. The fourth-order valence-electron chi connectivity index (χ4n) is 2.80. The molecule has 9 heteroatoms. The lowest BCUT2D eigenvalue weighted by Crippen LogP contribution is -2.25. The first kappa shape index (κ1) is 22.1. The Hall–Kier alpha value is -3.59. The van der Waals surface area contributed by atoms with Gasteiger partial charge in [-0.3, -0.25) is 14.7 Å². The maximum atomic E-state index is 12.4. The van der Waals surface area contributed by atoms with Crippen LogP contribution in [0.3, 0.4) is 0 Å². The maximum absolute atomic E-state index is 12.4. The smallest absolute Gasteiger partial charge is 0.303 e. The number of aromatic nitrogens is 3. The van der Waals surface area contributed by atoms with Gasteiger partial charge in [0.1, 0.15) is 11.4 Å². The van der Waals surface area contributed by atoms with Crippen molar-refractivity contribution in [2.75, 3.05) is 6.61 Å². The van der Waals surface area contributed by atoms with Gasteiger partial charge in [0, 0.05) is 6.42 Å². The van der Waals surface area contributed by atoms with Crippen LogP contribution in [-0.4, -0.2) is 38.8 Å². The van der Waals surface area contributed by atoms with Crippen LogP contribution >= 0.6 is 12.2 Å². The van der Waals surface area contributed by atoms with Crippen molar-refractivity contribution in [3.8, 4) is 5.75 Å². The van der Waals surface area contributed by atoms with Gasteiger partial charge in [-0.15, -0.1) is 0 Å². The number of nitrogens with one attached hydrogen (secondary N) is 1. The van der Waals surface area contributed by atoms with E-state index in [0.29, 0.717) is 6.61 Å². The summed E-state index contributed by atoms with van der Waals surface area (Å²) in [6, 6.07) is 17.6. The fraction of sp³-hybridized carbons (Fsp3) is 0.227. The standard InChI is InChI=1S/C22H22N4O4S/c27-20(28)13-12-19-21(29)26(22(31)25-24-19)23-15-17-8-10-18(11-9-17)30-14-4-7-16-5-2-1-3-6-16/h1-3,5-6,8-11,15H,4,7,12-14H2,(H,25,31)(H,27,28)/b23-15-. The molecule has 0 aliphatic carbocycles. The summed E-state index contributed by atoms with van der Waals surface area (Å²) in [4.78, 5) is 23.1. The molecular formula is C22H22N4O4S. The molecule has 0 atom stereocenters. The van der Waals surface area contributed by atoms with Gasteiger partial charge in [0.15, 0.2) is 0 Å². The summed E-state index contributed by atoms with van der Waals surface area (Å²) in [6.07, 6.45) is 3.16. The lowest BCUT2D eigenvalue weighted by molar-refractivity contribution is -0.136. The molecule has 0 amide bonds. The minimum absolute atomic E-state index is 0.00783. The van der Waals surface area contributed by atoms with Gasteiger partial charge in [0.05, 0.1) is 19.2 Å². The summed E-state index contributed by atoms with van der Waals surface area (Å²) < 4.78 is 6.79. The molecular weight excluding hydrogens is 416 g/mol. The number of nitrogens with zero attached hydrogens (tertiary/aromatic N) is 3. The highest BCUT2D eigenvalue weighted by molar-refractivity contribution is 7.71. The van der Waals surface area contributed by atoms with Crippen molar-refractivity contribution in [1.29, 1.82) is 0 Å². The van der Waals surface area contributed by atoms with Gasteiger partial charge >= 0.3 is 5.97 Å². The second-order valence-electron chi connectivity index (χ2n) is 6.74. The van der Waals surface area contributed by atoms with Crippen molar-refractivity contribution >= 4 is 24.4 Å². The van der Waals surface area contributed by atoms with Crippen molar-refractivity contribution in [3.63, 3.8) is 0 Å². The Bertz CT molecular complexity index is 1150. The Morgan fingerprint density at radius 3 is 2.61 bits per heavy atom. The van der Waals surface area contributed by atoms with Gasteiger partial charge in [-0.05, 0) is 60.5 Å². The van der Waals surface area contributed by atoms with E-state index in [9.17, 15) is 9.59 Å². The molecule has 1 aromatic heterocycles. The number of rotatable bonds is 10. The van der Waals surface area contributed by atoms with Crippen LogP contribution in [0, 0.1) is 4.77 Å². The first-order valence-electron chi connectivity index (χ1n) is 9.76. The van der Waals surface area contributed by atoms with Gasteiger partial charge in [0.25, 0.3) is 5.56 Å². The number of ether oxygens (including phenoxy) is 1. The lowest BCUT2D eigenvalue weighted by Gasteiger charge is -2.06. The van der Waals surface area contributed by atoms with E-state index >= 15 is 0 Å². The summed E-state index contributed by atoms with van der Waals surface area (Å²) in [5.41, 5.74) is 1.56. The quantitative estimate of drug-likeness (QED) is 0.286. The van der Waals surface area contributed by atoms with E-state index < -0.39 is 11.5 Å². The monoisotopic (exact) mass is 438 g/mol. The zero-order valence-electron chi connectivity index (χ0n) is 16.7. The van der Waals surface area contributed by atoms with Crippen molar-refractivity contribution in [2.45, 2.75) is 25.7 Å². The highest BCUT2D eigenvalue weighted by Gasteiger charge is 2.09. The second-order valence-corrected chi connectivity index (χ2v) is 7.12. The SMILES string of the molecule is O=C(O)CCc1n[nH]c(=S)n(/N=C\c2ccc(OCCCc3ccccc3)cc2)c1=O. The molecule has 0 spiro atoms. The van der Waals surface area contributed by atoms with Crippen LogP contribution in [0.25, 0.3) is 0 Å². The average Bonchev–Trinajstić information content (AvgIpc) is 2.77. The summed E-state index contributed by atoms with van der Waals surface area (Å²) in [7, 11) is 0. The van der Waals surface area contributed by atoms with Crippen molar-refractivity contribution < 1.29 is 14.6 Å². The van der Waals surface area contributed by atoms with E-state index in [1.165, 1.54) is 11.8 Å². The van der Waals surface area contributed by atoms with E-state index in [-0.39, 0.29) is 23.3 Å². The first-order chi connectivity index (χ1) is 15.0. The van der Waals surface area contributed by atoms with Crippen LogP contribution in [0.1, 0.15) is 29.7 Å². The molecule has 160 valence electrons. The number of hydrogen-bond donors (Lipinski definition) is 2. The van der Waals surface area contributed by atoms with Crippen LogP contribution < -0.4 is 10.3 Å². The summed E-state index contributed by atoms with van der Waals surface area (Å²) in [5.74, 6) is -0.263. The van der Waals surface area contributed by atoms with Crippen LogP contribution in [-0.2, 0) is 17.6 Å². The molecule has 0 bridgehead atoms. The molecule has 8 nitrogen and oxygen atoms in total. The number of carboxylic acid groups (broad SMARTS) is 1. The predicted molar refractivity (Wildman–Crippen MR) is 119 cm³/mol. The Morgan fingerprint density at radius 2 is 1.90 bits per heavy atom. The van der Waals surface area contributed by atoms with Gasteiger partial charge < -0.3 is 9.84 Å². The van der Waals surface area contributed by atoms with Crippen LogP contribution in [0.4, 0.5) is 0 Å². The molecule has 2 aromatic carbocycles. The molecule has 0 fully saturated rings. The molecule has 3 rings (SSSR count). The second kappa shape index (κ2) is 11.0. The van der Waals surface area contributed by atoms with E-state index in [1.54, 1.807) is 0 Å². The fourth-order valence-corrected chi connectivity index (χ4v) is 2.98. The number of carbonyl (C=O) groups is 1. The molecule has 0 saturated carbocycles. The van der Waals surface area contributed by atoms with Crippen molar-refractivity contribution in [2.24, 2.45) is 5.10 Å². The summed E-state index contributed by atoms with van der Waals surface area (Å²) in [5, 5.41) is 19.2. The van der Waals surface area contributed by atoms with E-state index in [1.807, 2.05) is 42.5 Å². The summed E-state index contributed by atoms with van der Waals surface area (Å²) in [6.45, 7) is 0.614. The normalized spacial score (nSPS) is 11.0. The average molecular weight is 439 g/mol. The lowest BCUT2D eigenvalue weighted by atomic mass is 10.1. The highest BCUT2D eigenvalue weighted by atomic mass is 32.1. The first-order valence-corrected chi connectivity index (χ1v) is 10.2. The van der Waals surface area contributed by atoms with Crippen LogP contribution in [0.15, 0.2) is 64.5 Å². The Labute approximate surface area is 183 Å². The van der Waals surface area contributed by atoms with Crippen LogP contribution in [0.2, 0.25) is 0 Å². The Morgan fingerprint density at radius 1 is 1.16 bits per heavy atom. The van der Waals surface area contributed by atoms with Gasteiger partial charge in [-0.2, -0.15) is 14.9 Å². The molecule has 0 aliphatic heterocycles. The Kier molecular flexibility index (Phi) is 7.83. The maximum Gasteiger partial charge on any atom is 0.303 e. The molecule has 3 aromatic rings. The number of aliphatic carboxylic acids is 1. The van der Waals surface area contributed by atoms with E-state index in [2.05, 4.69) is 27.4 Å². The van der Waals surface area contributed by atoms with Crippen LogP contribution in [0.5, 0.6) is 5.75 Å². The molecule has 0 radical (unpaired) electrons. The predicted octanol–water partition coefficient (Wildman–Crippen LogP) is 3.21. The third-order valence-corrected chi connectivity index (χ3v) is 4.68. The topological polar surface area (TPSA) is 110 Å². The van der Waals surface area contributed by atoms with Crippen molar-refractivity contribution in [3.05, 3.63) is 86.5 Å². The van der Waals surface area contributed by atoms with Gasteiger partial charge in [0.2, 0.25) is 4.77 Å². The molecule has 0 saturated heterocycles. The largest absolute Gasteiger partial charge is 0.494 e.